The minimum Gasteiger partial charge on any atom is -0.456 e. The number of alkyl halides is 2. The predicted molar refractivity (Wildman–Crippen MR) is 128 cm³/mol. The third-order valence-electron chi connectivity index (χ3n) is 7.04. The molecule has 0 spiro atoms. The predicted octanol–water partition coefficient (Wildman–Crippen LogP) is 3.86. The topological polar surface area (TPSA) is 80.8 Å². The van der Waals surface area contributed by atoms with E-state index < -0.39 is 19.1 Å². The Hall–Kier alpha value is -2.32. The molecule has 2 aromatic rings. The van der Waals surface area contributed by atoms with Crippen LogP contribution in [0.15, 0.2) is 54.6 Å². The zero-order chi connectivity index (χ0) is 23.3. The van der Waals surface area contributed by atoms with Crippen LogP contribution in [0.4, 0.5) is 0 Å². The summed E-state index contributed by atoms with van der Waals surface area (Å²) in [4.78, 5) is 51.9. The number of hydrogen-bond acceptors (Lipinski definition) is 5. The van der Waals surface area contributed by atoms with Crippen molar-refractivity contribution in [2.75, 3.05) is 13.2 Å². The number of halogens is 2. The summed E-state index contributed by atoms with van der Waals surface area (Å²) in [5.74, 6) is -2.30. The van der Waals surface area contributed by atoms with Crippen molar-refractivity contribution >= 4 is 55.4 Å². The second kappa shape index (κ2) is 8.80. The summed E-state index contributed by atoms with van der Waals surface area (Å²) in [5, 5.41) is 0. The van der Waals surface area contributed by atoms with E-state index in [9.17, 15) is 19.2 Å². The number of ketones is 1. The number of hydrogen-bond donors (Lipinski definition) is 0. The summed E-state index contributed by atoms with van der Waals surface area (Å²) >= 11 is 7.28. The highest BCUT2D eigenvalue weighted by molar-refractivity contribution is 9.12. The second-order valence-corrected chi connectivity index (χ2v) is 10.9. The van der Waals surface area contributed by atoms with Crippen LogP contribution in [0.2, 0.25) is 0 Å². The van der Waals surface area contributed by atoms with Gasteiger partial charge >= 0.3 is 5.97 Å². The molecule has 5 rings (SSSR count). The molecule has 0 radical (unpaired) electrons. The number of carbonyl (C=O) groups is 4. The van der Waals surface area contributed by atoms with Gasteiger partial charge in [0.1, 0.15) is 6.54 Å². The van der Waals surface area contributed by atoms with Crippen LogP contribution in [0.5, 0.6) is 0 Å². The Bertz CT molecular complexity index is 1090. The Morgan fingerprint density at radius 2 is 1.39 bits per heavy atom. The fourth-order valence-corrected chi connectivity index (χ4v) is 7.32. The molecule has 0 aromatic heterocycles. The van der Waals surface area contributed by atoms with Gasteiger partial charge in [-0.2, -0.15) is 0 Å². The van der Waals surface area contributed by atoms with Crippen molar-refractivity contribution in [3.8, 4) is 11.1 Å². The molecule has 3 aliphatic rings. The highest BCUT2D eigenvalue weighted by Crippen LogP contribution is 2.60. The van der Waals surface area contributed by atoms with Crippen LogP contribution in [-0.2, 0) is 19.1 Å². The van der Waals surface area contributed by atoms with Crippen molar-refractivity contribution in [1.29, 1.82) is 0 Å². The van der Waals surface area contributed by atoms with Gasteiger partial charge in [0.15, 0.2) is 12.4 Å². The highest BCUT2D eigenvalue weighted by atomic mass is 79.9. The van der Waals surface area contributed by atoms with Gasteiger partial charge in [-0.3, -0.25) is 24.1 Å². The quantitative estimate of drug-likeness (QED) is 0.226. The largest absolute Gasteiger partial charge is 0.456 e. The lowest BCUT2D eigenvalue weighted by Gasteiger charge is -2.28. The van der Waals surface area contributed by atoms with Crippen molar-refractivity contribution in [2.45, 2.75) is 16.1 Å². The van der Waals surface area contributed by atoms with Gasteiger partial charge in [0, 0.05) is 15.2 Å². The van der Waals surface area contributed by atoms with Crippen molar-refractivity contribution in [1.82, 2.24) is 4.90 Å². The molecule has 2 bridgehead atoms. The number of Topliss-reactive ketones (excluding diaryl/α,β-unsaturated/α-hetero) is 1. The first-order valence-corrected chi connectivity index (χ1v) is 12.7. The molecule has 6 nitrogen and oxygen atoms in total. The van der Waals surface area contributed by atoms with Gasteiger partial charge in [-0.15, -0.1) is 0 Å². The fourth-order valence-electron chi connectivity index (χ4n) is 5.45. The summed E-state index contributed by atoms with van der Waals surface area (Å²) in [6.45, 7) is -0.894. The number of benzene rings is 2. The average molecular weight is 575 g/mol. The van der Waals surface area contributed by atoms with E-state index in [1.807, 2.05) is 42.5 Å². The molecule has 0 unspecified atom stereocenters. The molecule has 2 amide bonds. The Morgan fingerprint density at radius 3 is 1.97 bits per heavy atom. The minimum absolute atomic E-state index is 0.0854. The smallest absolute Gasteiger partial charge is 0.326 e. The van der Waals surface area contributed by atoms with E-state index in [0.717, 1.165) is 22.4 Å². The van der Waals surface area contributed by atoms with Gasteiger partial charge in [0.25, 0.3) is 0 Å². The number of fused-ring (bicyclic) bond motifs is 5. The molecular formula is C25H21Br2NO5. The zero-order valence-electron chi connectivity index (χ0n) is 17.5. The summed E-state index contributed by atoms with van der Waals surface area (Å²) < 4.78 is 5.11. The van der Waals surface area contributed by atoms with Crippen LogP contribution < -0.4 is 0 Å². The van der Waals surface area contributed by atoms with Crippen molar-refractivity contribution in [3.63, 3.8) is 0 Å². The Labute approximate surface area is 207 Å². The first-order chi connectivity index (χ1) is 15.9. The van der Waals surface area contributed by atoms with E-state index >= 15 is 0 Å². The molecule has 2 saturated carbocycles. The average Bonchev–Trinajstić information content (AvgIpc) is 3.44. The lowest BCUT2D eigenvalue weighted by molar-refractivity contribution is -0.152. The molecule has 33 heavy (non-hydrogen) atoms. The minimum atomic E-state index is -0.760. The lowest BCUT2D eigenvalue weighted by atomic mass is 9.81. The van der Waals surface area contributed by atoms with E-state index in [0.29, 0.717) is 5.56 Å². The zero-order valence-corrected chi connectivity index (χ0v) is 20.7. The number of imide groups is 1. The third kappa shape index (κ3) is 3.87. The molecule has 1 aliphatic heterocycles. The van der Waals surface area contributed by atoms with Crippen LogP contribution >= 0.6 is 31.9 Å². The van der Waals surface area contributed by atoms with E-state index in [-0.39, 0.29) is 50.9 Å². The molecular weight excluding hydrogens is 554 g/mol. The van der Waals surface area contributed by atoms with Gasteiger partial charge in [-0.25, -0.2) is 0 Å². The number of ether oxygens (including phenoxy) is 1. The molecule has 1 saturated heterocycles. The number of rotatable bonds is 6. The maximum Gasteiger partial charge on any atom is 0.326 e. The summed E-state index contributed by atoms with van der Waals surface area (Å²) in [7, 11) is 0. The lowest BCUT2D eigenvalue weighted by Crippen LogP contribution is -2.38. The maximum atomic E-state index is 12.9. The van der Waals surface area contributed by atoms with Crippen molar-refractivity contribution in [2.24, 2.45) is 23.7 Å². The van der Waals surface area contributed by atoms with E-state index in [1.165, 1.54) is 0 Å². The van der Waals surface area contributed by atoms with E-state index in [1.54, 1.807) is 12.1 Å². The number of nitrogens with zero attached hydrogens (tertiary/aromatic N) is 1. The number of amides is 2. The first kappa shape index (κ1) is 22.5. The summed E-state index contributed by atoms with van der Waals surface area (Å²) in [6.07, 6.45) is 0.828. The van der Waals surface area contributed by atoms with Crippen molar-refractivity contribution in [3.05, 3.63) is 60.2 Å². The molecule has 0 N–H and O–H groups in total. The SMILES string of the molecule is O=C(CN1C(=O)[C@H]2[C@@H]3C[C@H]([C@@H](Br)[C@H]3Br)[C@@H]2C1=O)OCC(=O)c1ccc(-c2ccccc2)cc1. The molecule has 2 aromatic carbocycles. The van der Waals surface area contributed by atoms with Gasteiger partial charge < -0.3 is 4.74 Å². The molecule has 170 valence electrons. The number of likely N-dealkylation sites (tertiary alicyclic amines) is 1. The molecule has 8 heteroatoms. The highest BCUT2D eigenvalue weighted by Gasteiger charge is 2.66. The molecule has 6 atom stereocenters. The van der Waals surface area contributed by atoms with E-state index in [4.69, 9.17) is 4.74 Å². The number of esters is 1. The summed E-state index contributed by atoms with van der Waals surface area (Å²) in [5.41, 5.74) is 2.44. The standard InChI is InChI=1S/C25H21Br2NO5/c26-22-16-10-17(23(22)27)21-20(16)24(31)28(25(21)32)11-19(30)33-12-18(29)15-8-6-14(7-9-15)13-4-2-1-3-5-13/h1-9,16-17,20-23H,10-12H2/t16-,17-,20-,21-,22-,23+/m0/s1. The fraction of sp³-hybridized carbons (Fsp3) is 0.360. The Morgan fingerprint density at radius 1 is 0.848 bits per heavy atom. The third-order valence-corrected chi connectivity index (χ3v) is 10.3. The van der Waals surface area contributed by atoms with Crippen LogP contribution in [0.1, 0.15) is 16.8 Å². The molecule has 2 aliphatic carbocycles. The van der Waals surface area contributed by atoms with Gasteiger partial charge in [0.05, 0.1) is 11.8 Å². The van der Waals surface area contributed by atoms with Gasteiger partial charge in [-0.05, 0) is 29.4 Å². The maximum absolute atomic E-state index is 12.9. The molecule has 3 fully saturated rings. The summed E-state index contributed by atoms with van der Waals surface area (Å²) in [6, 6.07) is 16.8. The van der Waals surface area contributed by atoms with Crippen LogP contribution in [-0.4, -0.2) is 51.3 Å². The number of carbonyl (C=O) groups excluding carboxylic acids is 4. The van der Waals surface area contributed by atoms with Crippen LogP contribution in [0, 0.1) is 23.7 Å². The van der Waals surface area contributed by atoms with E-state index in [2.05, 4.69) is 31.9 Å². The van der Waals surface area contributed by atoms with Gasteiger partial charge in [-0.1, -0.05) is 86.5 Å². The van der Waals surface area contributed by atoms with Crippen LogP contribution in [0.3, 0.4) is 0 Å². The van der Waals surface area contributed by atoms with Crippen LogP contribution in [0.25, 0.3) is 11.1 Å². The first-order valence-electron chi connectivity index (χ1n) is 10.8. The van der Waals surface area contributed by atoms with Crippen molar-refractivity contribution < 1.29 is 23.9 Å². The normalized spacial score (nSPS) is 29.9. The Balaban J connectivity index is 1.17. The monoisotopic (exact) mass is 573 g/mol. The molecule has 1 heterocycles. The second-order valence-electron chi connectivity index (χ2n) is 8.79. The van der Waals surface area contributed by atoms with Gasteiger partial charge in [0.2, 0.25) is 11.8 Å². The Kier molecular flexibility index (Phi) is 5.99.